The predicted molar refractivity (Wildman–Crippen MR) is 187 cm³/mol. The van der Waals surface area contributed by atoms with Gasteiger partial charge < -0.3 is 31.1 Å². The zero-order valence-electron chi connectivity index (χ0n) is 30.5. The van der Waals surface area contributed by atoms with E-state index in [1.54, 1.807) is 4.90 Å². The number of nitrogens with one attached hydrogen (secondary N) is 4. The number of carbonyl (C=O) groups is 6. The third kappa shape index (κ3) is 12.5. The molecule has 12 nitrogen and oxygen atoms in total. The quantitative estimate of drug-likeness (QED) is 0.104. The minimum Gasteiger partial charge on any atom is -0.346 e. The Kier molecular flexibility index (Phi) is 16.1. The van der Waals surface area contributed by atoms with Crippen molar-refractivity contribution in [2.45, 2.75) is 143 Å². The van der Waals surface area contributed by atoms with Gasteiger partial charge >= 0.3 is 6.03 Å². The Morgan fingerprint density at radius 3 is 2.19 bits per heavy atom. The lowest BCUT2D eigenvalue weighted by molar-refractivity contribution is -0.143. The normalized spacial score (nSPS) is 18.8. The van der Waals surface area contributed by atoms with Crippen LogP contribution in [0, 0.1) is 10.8 Å². The molecule has 2 aliphatic rings. The summed E-state index contributed by atoms with van der Waals surface area (Å²) in [6.07, 6.45) is 9.76. The molecular formula is C36H62N6O6. The van der Waals surface area contributed by atoms with Crippen molar-refractivity contribution >= 4 is 35.4 Å². The highest BCUT2D eigenvalue weighted by Gasteiger charge is 2.43. The van der Waals surface area contributed by atoms with E-state index < -0.39 is 47.2 Å². The fraction of sp³-hybridized carbons (Fsp3) is 0.778. The van der Waals surface area contributed by atoms with E-state index in [1.807, 2.05) is 41.5 Å². The van der Waals surface area contributed by atoms with Crippen LogP contribution in [-0.2, 0) is 24.0 Å². The lowest BCUT2D eigenvalue weighted by Crippen LogP contribution is -2.62. The summed E-state index contributed by atoms with van der Waals surface area (Å²) in [7, 11) is 0. The minimum atomic E-state index is -1.01. The van der Waals surface area contributed by atoms with Crippen molar-refractivity contribution in [3.8, 4) is 0 Å². The van der Waals surface area contributed by atoms with Crippen molar-refractivity contribution < 1.29 is 28.8 Å². The fourth-order valence-corrected chi connectivity index (χ4v) is 6.16. The van der Waals surface area contributed by atoms with Gasteiger partial charge in [-0.15, -0.1) is 6.58 Å². The molecule has 0 aromatic heterocycles. The number of hydrogen-bond acceptors (Lipinski definition) is 6. The molecule has 4 N–H and O–H groups in total. The molecule has 12 heteroatoms. The van der Waals surface area contributed by atoms with Gasteiger partial charge in [-0.25, -0.2) is 4.79 Å². The number of nitrogens with zero attached hydrogens (tertiary/aromatic N) is 2. The summed E-state index contributed by atoms with van der Waals surface area (Å²) in [5.41, 5.74) is -1.06. The van der Waals surface area contributed by atoms with E-state index in [-0.39, 0.29) is 29.8 Å². The predicted octanol–water partition coefficient (Wildman–Crippen LogP) is 3.84. The van der Waals surface area contributed by atoms with Gasteiger partial charge in [-0.1, -0.05) is 86.6 Å². The van der Waals surface area contributed by atoms with E-state index in [0.717, 1.165) is 38.5 Å². The summed E-state index contributed by atoms with van der Waals surface area (Å²) < 4.78 is 0. The first-order valence-corrected chi connectivity index (χ1v) is 17.9. The standard InChI is InChI=1S/C36H62N6O6/c1-9-11-12-13-14-18-25(29(44)32(46)37-21-10-2)38-31(45)26-19-17-23-42(26)33(47)30(36(6,7)8)40-34(48)39-27(35(3,4)5)24-41-22-16-15-20-28(41)43/h10,25-27,30H,2,9,11-24H2,1,3-8H3,(H,37,46)(H,38,45)(H2,39,40,48)/t25?,26-,27+,30+/m0/s1. The molecule has 2 aliphatic heterocycles. The van der Waals surface area contributed by atoms with E-state index in [2.05, 4.69) is 34.8 Å². The molecule has 0 aliphatic carbocycles. The van der Waals surface area contributed by atoms with Gasteiger partial charge in [0.1, 0.15) is 12.1 Å². The first-order valence-electron chi connectivity index (χ1n) is 17.9. The number of carbonyl (C=O) groups excluding carboxylic acids is 6. The maximum Gasteiger partial charge on any atom is 0.315 e. The largest absolute Gasteiger partial charge is 0.346 e. The molecule has 2 fully saturated rings. The second-order valence-electron chi connectivity index (χ2n) is 15.4. The first-order chi connectivity index (χ1) is 22.5. The van der Waals surface area contributed by atoms with Crippen molar-refractivity contribution in [2.75, 3.05) is 26.2 Å². The van der Waals surface area contributed by atoms with Crippen LogP contribution in [0.15, 0.2) is 12.7 Å². The zero-order valence-corrected chi connectivity index (χ0v) is 30.5. The summed E-state index contributed by atoms with van der Waals surface area (Å²) in [6, 6.07) is -3.69. The number of rotatable bonds is 17. The van der Waals surface area contributed by atoms with Gasteiger partial charge in [0.25, 0.3) is 5.91 Å². The van der Waals surface area contributed by atoms with Crippen LogP contribution in [0.4, 0.5) is 4.79 Å². The Morgan fingerprint density at radius 1 is 0.896 bits per heavy atom. The summed E-state index contributed by atoms with van der Waals surface area (Å²) in [5.74, 6) is -2.30. The number of Topliss-reactive ketones (excluding diaryl/α,β-unsaturated/α-hetero) is 1. The number of likely N-dealkylation sites (tertiary alicyclic amines) is 2. The molecule has 1 unspecified atom stereocenters. The van der Waals surface area contributed by atoms with Crippen LogP contribution in [0.1, 0.15) is 119 Å². The van der Waals surface area contributed by atoms with Crippen molar-refractivity contribution in [3.63, 3.8) is 0 Å². The molecule has 2 heterocycles. The highest BCUT2D eigenvalue weighted by molar-refractivity contribution is 6.38. The summed E-state index contributed by atoms with van der Waals surface area (Å²) in [5, 5.41) is 11.2. The molecule has 2 rings (SSSR count). The maximum absolute atomic E-state index is 14.1. The second-order valence-corrected chi connectivity index (χ2v) is 15.4. The van der Waals surface area contributed by atoms with Crippen LogP contribution in [0.2, 0.25) is 0 Å². The highest BCUT2D eigenvalue weighted by Crippen LogP contribution is 2.27. The lowest BCUT2D eigenvalue weighted by atomic mass is 9.85. The number of ketones is 1. The Labute approximate surface area is 287 Å². The van der Waals surface area contributed by atoms with Crippen LogP contribution in [0.3, 0.4) is 0 Å². The zero-order chi connectivity index (χ0) is 36.1. The van der Waals surface area contributed by atoms with E-state index >= 15 is 0 Å². The van der Waals surface area contributed by atoms with Crippen molar-refractivity contribution in [2.24, 2.45) is 10.8 Å². The third-order valence-electron chi connectivity index (χ3n) is 9.26. The van der Waals surface area contributed by atoms with Gasteiger partial charge in [-0.05, 0) is 42.9 Å². The molecule has 2 saturated heterocycles. The SMILES string of the molecule is C=CCNC(=O)C(=O)C(CCCCCCC)NC(=O)[C@@H]1CCCN1C(=O)[C@@H](NC(=O)N[C@H](CN1CCCCC1=O)C(C)(C)C)C(C)(C)C. The summed E-state index contributed by atoms with van der Waals surface area (Å²) in [4.78, 5) is 82.7. The summed E-state index contributed by atoms with van der Waals surface area (Å²) in [6.45, 7) is 18.7. The Balaban J connectivity index is 2.18. The average molecular weight is 675 g/mol. The van der Waals surface area contributed by atoms with Gasteiger partial charge in [0.2, 0.25) is 23.5 Å². The van der Waals surface area contributed by atoms with Gasteiger partial charge in [0.05, 0.1) is 12.1 Å². The molecule has 0 bridgehead atoms. The van der Waals surface area contributed by atoms with Crippen LogP contribution >= 0.6 is 0 Å². The smallest absolute Gasteiger partial charge is 0.315 e. The highest BCUT2D eigenvalue weighted by atomic mass is 16.2. The van der Waals surface area contributed by atoms with Gasteiger partial charge in [0, 0.05) is 32.6 Å². The first kappa shape index (κ1) is 40.7. The van der Waals surface area contributed by atoms with Gasteiger partial charge in [-0.2, -0.15) is 0 Å². The summed E-state index contributed by atoms with van der Waals surface area (Å²) >= 11 is 0. The number of unbranched alkanes of at least 4 members (excludes halogenated alkanes) is 4. The van der Waals surface area contributed by atoms with Crippen LogP contribution in [0.5, 0.6) is 0 Å². The molecule has 0 radical (unpaired) electrons. The van der Waals surface area contributed by atoms with E-state index in [4.69, 9.17) is 0 Å². The molecular weight excluding hydrogens is 612 g/mol. The average Bonchev–Trinajstić information content (AvgIpc) is 3.51. The Morgan fingerprint density at radius 2 is 1.58 bits per heavy atom. The Bertz CT molecular complexity index is 1140. The molecule has 6 amide bonds. The molecule has 272 valence electrons. The number of amides is 6. The van der Waals surface area contributed by atoms with Crippen molar-refractivity contribution in [1.29, 1.82) is 0 Å². The van der Waals surface area contributed by atoms with Gasteiger partial charge in [-0.3, -0.25) is 24.0 Å². The molecule has 0 aromatic carbocycles. The number of urea groups is 1. The third-order valence-corrected chi connectivity index (χ3v) is 9.26. The Hall–Kier alpha value is -3.44. The van der Waals surface area contributed by atoms with Crippen LogP contribution in [-0.4, -0.2) is 95.6 Å². The van der Waals surface area contributed by atoms with Crippen LogP contribution in [0.25, 0.3) is 0 Å². The molecule has 48 heavy (non-hydrogen) atoms. The lowest BCUT2D eigenvalue weighted by Gasteiger charge is -2.39. The van der Waals surface area contributed by atoms with Crippen molar-refractivity contribution in [3.05, 3.63) is 12.7 Å². The number of piperidine rings is 1. The molecule has 0 aromatic rings. The van der Waals surface area contributed by atoms with E-state index in [9.17, 15) is 28.8 Å². The van der Waals surface area contributed by atoms with E-state index in [0.29, 0.717) is 51.7 Å². The topological polar surface area (TPSA) is 157 Å². The monoisotopic (exact) mass is 674 g/mol. The van der Waals surface area contributed by atoms with E-state index in [1.165, 1.54) is 11.0 Å². The van der Waals surface area contributed by atoms with Crippen molar-refractivity contribution in [1.82, 2.24) is 31.1 Å². The fourth-order valence-electron chi connectivity index (χ4n) is 6.16. The molecule has 4 atom stereocenters. The number of hydrogen-bond donors (Lipinski definition) is 4. The second kappa shape index (κ2) is 18.9. The molecule has 0 spiro atoms. The van der Waals surface area contributed by atoms with Crippen LogP contribution < -0.4 is 21.3 Å². The maximum atomic E-state index is 14.1. The molecule has 0 saturated carbocycles. The van der Waals surface area contributed by atoms with Gasteiger partial charge in [0.15, 0.2) is 0 Å². The minimum absolute atomic E-state index is 0.0802.